The fourth-order valence-corrected chi connectivity index (χ4v) is 1.85. The molecule has 1 heterocycles. The lowest BCUT2D eigenvalue weighted by atomic mass is 10.0. The Morgan fingerprint density at radius 3 is 3.00 bits per heavy atom. The summed E-state index contributed by atoms with van der Waals surface area (Å²) in [5.41, 5.74) is 7.92. The number of benzene rings is 1. The van der Waals surface area contributed by atoms with Gasteiger partial charge in [0.15, 0.2) is 0 Å². The number of aromatic nitrogens is 1. The van der Waals surface area contributed by atoms with Gasteiger partial charge in [0, 0.05) is 11.6 Å². The molecular formula is C12H12FN2O. The van der Waals surface area contributed by atoms with Crippen LogP contribution in [0, 0.1) is 12.7 Å². The zero-order chi connectivity index (χ0) is 11.7. The Labute approximate surface area is 92.4 Å². The third-order valence-electron chi connectivity index (χ3n) is 2.67. The third-order valence-corrected chi connectivity index (χ3v) is 2.67. The van der Waals surface area contributed by atoms with E-state index in [-0.39, 0.29) is 5.82 Å². The average Bonchev–Trinajstić information content (AvgIpc) is 2.68. The predicted molar refractivity (Wildman–Crippen MR) is 60.4 cm³/mol. The van der Waals surface area contributed by atoms with Crippen LogP contribution in [0.1, 0.15) is 11.1 Å². The van der Waals surface area contributed by atoms with Gasteiger partial charge < -0.3 is 10.7 Å². The molecule has 16 heavy (non-hydrogen) atoms. The molecule has 0 unspecified atom stereocenters. The lowest BCUT2D eigenvalue weighted by molar-refractivity contribution is 0.541. The Balaban J connectivity index is 2.55. The molecule has 1 radical (unpaired) electrons. The summed E-state index contributed by atoms with van der Waals surface area (Å²) < 4.78 is 13.7. The summed E-state index contributed by atoms with van der Waals surface area (Å²) in [7, 11) is 0. The highest BCUT2D eigenvalue weighted by molar-refractivity contribution is 5.86. The summed E-state index contributed by atoms with van der Waals surface area (Å²) in [6.07, 6.45) is 3.68. The number of halogens is 1. The van der Waals surface area contributed by atoms with Crippen LogP contribution in [-0.2, 0) is 11.2 Å². The van der Waals surface area contributed by atoms with Gasteiger partial charge >= 0.3 is 0 Å². The molecule has 2 aromatic rings. The van der Waals surface area contributed by atoms with E-state index < -0.39 is 6.04 Å². The Morgan fingerprint density at radius 2 is 2.31 bits per heavy atom. The van der Waals surface area contributed by atoms with Crippen molar-refractivity contribution < 1.29 is 9.18 Å². The van der Waals surface area contributed by atoms with Crippen molar-refractivity contribution in [2.75, 3.05) is 0 Å². The minimum absolute atomic E-state index is 0.296. The highest BCUT2D eigenvalue weighted by atomic mass is 19.1. The molecular weight excluding hydrogens is 207 g/mol. The van der Waals surface area contributed by atoms with Crippen LogP contribution in [-0.4, -0.2) is 17.3 Å². The number of aromatic amines is 1. The van der Waals surface area contributed by atoms with Gasteiger partial charge in [-0.3, -0.25) is 4.79 Å². The van der Waals surface area contributed by atoms with Crippen molar-refractivity contribution in [1.29, 1.82) is 0 Å². The van der Waals surface area contributed by atoms with Gasteiger partial charge in [-0.05, 0) is 30.5 Å². The first kappa shape index (κ1) is 10.8. The van der Waals surface area contributed by atoms with Gasteiger partial charge in [0.05, 0.1) is 11.6 Å². The lowest BCUT2D eigenvalue weighted by Gasteiger charge is -2.03. The van der Waals surface area contributed by atoms with Crippen LogP contribution < -0.4 is 5.73 Å². The molecule has 0 aliphatic rings. The van der Waals surface area contributed by atoms with Crippen LogP contribution in [0.5, 0.6) is 0 Å². The van der Waals surface area contributed by atoms with Crippen molar-refractivity contribution >= 4 is 17.2 Å². The summed E-state index contributed by atoms with van der Waals surface area (Å²) >= 11 is 0. The fraction of sp³-hybridized carbons (Fsp3) is 0.250. The molecule has 1 aromatic carbocycles. The van der Waals surface area contributed by atoms with Crippen molar-refractivity contribution in [3.05, 3.63) is 35.3 Å². The van der Waals surface area contributed by atoms with Crippen molar-refractivity contribution in [3.63, 3.8) is 0 Å². The summed E-state index contributed by atoms with van der Waals surface area (Å²) in [4.78, 5) is 13.4. The zero-order valence-electron chi connectivity index (χ0n) is 8.88. The number of aryl methyl sites for hydroxylation is 1. The molecule has 83 valence electrons. The molecule has 0 aliphatic heterocycles. The summed E-state index contributed by atoms with van der Waals surface area (Å²) in [5.74, 6) is -0.296. The summed E-state index contributed by atoms with van der Waals surface area (Å²) in [5, 5.41) is 0.519. The molecule has 0 bridgehead atoms. The van der Waals surface area contributed by atoms with Crippen molar-refractivity contribution in [1.82, 2.24) is 4.98 Å². The highest BCUT2D eigenvalue weighted by Crippen LogP contribution is 2.25. The Hall–Kier alpha value is -1.68. The average molecular weight is 219 g/mol. The second-order valence-electron chi connectivity index (χ2n) is 3.86. The van der Waals surface area contributed by atoms with Crippen LogP contribution in [0.25, 0.3) is 10.9 Å². The zero-order valence-corrected chi connectivity index (χ0v) is 8.88. The van der Waals surface area contributed by atoms with E-state index in [1.54, 1.807) is 18.5 Å². The number of nitrogens with one attached hydrogen (secondary N) is 1. The maximum Gasteiger partial charge on any atom is 0.217 e. The van der Waals surface area contributed by atoms with E-state index in [1.807, 2.05) is 6.92 Å². The molecule has 0 spiro atoms. The summed E-state index contributed by atoms with van der Waals surface area (Å²) in [6, 6.07) is 2.42. The van der Waals surface area contributed by atoms with E-state index in [9.17, 15) is 9.18 Å². The molecule has 0 saturated carbocycles. The molecule has 3 N–H and O–H groups in total. The predicted octanol–water partition coefficient (Wildman–Crippen LogP) is 1.59. The van der Waals surface area contributed by atoms with Gasteiger partial charge in [0.25, 0.3) is 0 Å². The van der Waals surface area contributed by atoms with Gasteiger partial charge in [-0.25, -0.2) is 4.39 Å². The number of hydrogen-bond acceptors (Lipinski definition) is 2. The molecule has 4 heteroatoms. The first-order valence-electron chi connectivity index (χ1n) is 5.01. The van der Waals surface area contributed by atoms with Gasteiger partial charge in [0.2, 0.25) is 6.29 Å². The normalized spacial score (nSPS) is 12.9. The molecule has 2 rings (SSSR count). The number of H-pyrrole nitrogens is 1. The first-order chi connectivity index (χ1) is 7.63. The van der Waals surface area contributed by atoms with E-state index in [0.717, 1.165) is 11.1 Å². The second-order valence-corrected chi connectivity index (χ2v) is 3.86. The van der Waals surface area contributed by atoms with E-state index >= 15 is 0 Å². The molecule has 0 amide bonds. The maximum absolute atomic E-state index is 13.7. The fourth-order valence-electron chi connectivity index (χ4n) is 1.85. The molecule has 3 nitrogen and oxygen atoms in total. The van der Waals surface area contributed by atoms with E-state index in [0.29, 0.717) is 17.4 Å². The molecule has 1 atom stereocenters. The third kappa shape index (κ3) is 1.72. The van der Waals surface area contributed by atoms with E-state index in [1.165, 1.54) is 6.07 Å². The van der Waals surface area contributed by atoms with Crippen LogP contribution in [0.4, 0.5) is 4.39 Å². The second kappa shape index (κ2) is 4.06. The van der Waals surface area contributed by atoms with Crippen molar-refractivity contribution in [2.45, 2.75) is 19.4 Å². The molecule has 1 aromatic heterocycles. The van der Waals surface area contributed by atoms with Gasteiger partial charge in [-0.15, -0.1) is 0 Å². The quantitative estimate of drug-likeness (QED) is 0.823. The highest BCUT2D eigenvalue weighted by Gasteiger charge is 2.13. The van der Waals surface area contributed by atoms with Crippen LogP contribution in [0.3, 0.4) is 0 Å². The van der Waals surface area contributed by atoms with Crippen LogP contribution in [0.15, 0.2) is 18.3 Å². The van der Waals surface area contributed by atoms with Gasteiger partial charge in [0.1, 0.15) is 5.82 Å². The number of nitrogens with two attached hydrogens (primary N) is 1. The first-order valence-corrected chi connectivity index (χ1v) is 5.01. The SMILES string of the molecule is Cc1ccc(F)c2c(C[C@H](N)[C]=O)c[nH]c12. The van der Waals surface area contributed by atoms with Crippen LogP contribution >= 0.6 is 0 Å². The van der Waals surface area contributed by atoms with Crippen molar-refractivity contribution in [2.24, 2.45) is 5.73 Å². The number of fused-ring (bicyclic) bond motifs is 1. The standard InChI is InChI=1S/C12H12FN2O/c1-7-2-3-10(13)11-8(4-9(14)6-16)5-15-12(7)11/h2-3,5,9,15H,4,14H2,1H3/t9-/m0/s1. The minimum Gasteiger partial charge on any atom is -0.361 e. The molecule has 0 saturated heterocycles. The largest absolute Gasteiger partial charge is 0.361 e. The Kier molecular flexibility index (Phi) is 2.75. The van der Waals surface area contributed by atoms with Gasteiger partial charge in [-0.2, -0.15) is 0 Å². The van der Waals surface area contributed by atoms with E-state index in [4.69, 9.17) is 5.73 Å². The minimum atomic E-state index is -0.709. The number of carbonyl (C=O) groups excluding carboxylic acids is 1. The topological polar surface area (TPSA) is 58.9 Å². The van der Waals surface area contributed by atoms with Crippen molar-refractivity contribution in [3.8, 4) is 0 Å². The maximum atomic E-state index is 13.7. The monoisotopic (exact) mass is 219 g/mol. The van der Waals surface area contributed by atoms with E-state index in [2.05, 4.69) is 4.98 Å². The van der Waals surface area contributed by atoms with Gasteiger partial charge in [-0.1, -0.05) is 6.07 Å². The summed E-state index contributed by atoms with van der Waals surface area (Å²) in [6.45, 7) is 1.90. The Bertz CT molecular complexity index is 533. The number of hydrogen-bond donors (Lipinski definition) is 2. The lowest BCUT2D eigenvalue weighted by Crippen LogP contribution is -2.23. The van der Waals surface area contributed by atoms with Crippen LogP contribution in [0.2, 0.25) is 0 Å². The molecule has 0 aliphatic carbocycles. The smallest absolute Gasteiger partial charge is 0.217 e. The Morgan fingerprint density at radius 1 is 1.56 bits per heavy atom. The number of rotatable bonds is 3. The molecule has 0 fully saturated rings.